The fraction of sp³-hybridized carbons (Fsp3) is 0.462. The van der Waals surface area contributed by atoms with Crippen molar-refractivity contribution in [3.8, 4) is 0 Å². The molecule has 1 aliphatic rings. The Morgan fingerprint density at radius 3 is 2.59 bits per heavy atom. The van der Waals surface area contributed by atoms with Crippen LogP contribution in [0.3, 0.4) is 0 Å². The molecular weight excluding hydrogens is 257 g/mol. The van der Waals surface area contributed by atoms with Gasteiger partial charge >= 0.3 is 0 Å². The summed E-state index contributed by atoms with van der Waals surface area (Å²) in [6.07, 6.45) is 0. The molecule has 0 radical (unpaired) electrons. The predicted octanol–water partition coefficient (Wildman–Crippen LogP) is 4.16. The molecule has 17 heavy (non-hydrogen) atoms. The predicted molar refractivity (Wildman–Crippen MR) is 72.3 cm³/mol. The lowest BCUT2D eigenvalue weighted by atomic mass is 9.89. The molecule has 0 aliphatic carbocycles. The second-order valence-corrected chi connectivity index (χ2v) is 4.96. The van der Waals surface area contributed by atoms with Crippen LogP contribution in [-0.2, 0) is 4.74 Å². The summed E-state index contributed by atoms with van der Waals surface area (Å²) in [5.41, 5.74) is 0.988. The van der Waals surface area contributed by atoms with Crippen molar-refractivity contribution in [2.45, 2.75) is 19.8 Å². The smallest absolute Gasteiger partial charge is 0.186 e. The summed E-state index contributed by atoms with van der Waals surface area (Å²) in [6, 6.07) is 5.60. The lowest BCUT2D eigenvalue weighted by Gasteiger charge is -2.19. The van der Waals surface area contributed by atoms with Crippen molar-refractivity contribution in [2.24, 2.45) is 10.9 Å². The maximum absolute atomic E-state index is 6.22. The van der Waals surface area contributed by atoms with Gasteiger partial charge in [0.15, 0.2) is 5.90 Å². The summed E-state index contributed by atoms with van der Waals surface area (Å²) >= 11 is 12.4. The van der Waals surface area contributed by atoms with E-state index in [-0.39, 0.29) is 11.8 Å². The highest BCUT2D eigenvalue weighted by Crippen LogP contribution is 2.39. The summed E-state index contributed by atoms with van der Waals surface area (Å²) in [4.78, 5) is 4.42. The number of ether oxygens (including phenoxy) is 1. The highest BCUT2D eigenvalue weighted by atomic mass is 35.5. The summed E-state index contributed by atoms with van der Waals surface area (Å²) in [5.74, 6) is 1.26. The van der Waals surface area contributed by atoms with Gasteiger partial charge in [-0.15, -0.1) is 0 Å². The molecule has 4 heteroatoms. The molecule has 0 bridgehead atoms. The highest BCUT2D eigenvalue weighted by molar-refractivity contribution is 6.36. The van der Waals surface area contributed by atoms with Crippen LogP contribution in [0.15, 0.2) is 23.2 Å². The molecule has 0 spiro atoms. The first-order valence-electron chi connectivity index (χ1n) is 5.76. The van der Waals surface area contributed by atoms with E-state index in [4.69, 9.17) is 27.9 Å². The molecule has 2 nitrogen and oxygen atoms in total. The summed E-state index contributed by atoms with van der Waals surface area (Å²) in [5, 5.41) is 1.42. The molecule has 0 aromatic heterocycles. The topological polar surface area (TPSA) is 21.6 Å². The second kappa shape index (κ2) is 5.28. The van der Waals surface area contributed by atoms with Crippen LogP contribution in [0.5, 0.6) is 0 Å². The molecule has 1 aliphatic heterocycles. The number of hydrogen-bond donors (Lipinski definition) is 0. The summed E-state index contributed by atoms with van der Waals surface area (Å²) in [6.45, 7) is 5.41. The van der Waals surface area contributed by atoms with Crippen LogP contribution in [0.1, 0.15) is 25.3 Å². The van der Waals surface area contributed by atoms with Crippen molar-refractivity contribution in [3.63, 3.8) is 0 Å². The third kappa shape index (κ3) is 2.43. The van der Waals surface area contributed by atoms with Crippen molar-refractivity contribution < 1.29 is 4.74 Å². The molecule has 0 saturated carbocycles. The fourth-order valence-corrected chi connectivity index (χ4v) is 2.87. The third-order valence-corrected chi connectivity index (χ3v) is 3.76. The zero-order valence-corrected chi connectivity index (χ0v) is 11.4. The molecule has 2 unspecified atom stereocenters. The van der Waals surface area contributed by atoms with Crippen LogP contribution < -0.4 is 0 Å². The fourth-order valence-electron chi connectivity index (χ4n) is 2.19. The number of hydrogen-bond acceptors (Lipinski definition) is 2. The molecule has 0 saturated heterocycles. The Morgan fingerprint density at radius 2 is 2.00 bits per heavy atom. The van der Waals surface area contributed by atoms with E-state index in [1.807, 2.05) is 25.1 Å². The number of benzene rings is 1. The average Bonchev–Trinajstić information content (AvgIpc) is 2.62. The standard InChI is InChI=1S/C13H15Cl2NO/c1-3-17-13-8(2)9(7-16-13)12-10(14)5-4-6-11(12)15/h4-6,8-9H,3,7H2,1-2H3. The van der Waals surface area contributed by atoms with Gasteiger partial charge in [0.05, 0.1) is 13.2 Å². The molecule has 92 valence electrons. The van der Waals surface area contributed by atoms with Crippen LogP contribution in [0, 0.1) is 5.92 Å². The maximum Gasteiger partial charge on any atom is 0.186 e. The van der Waals surface area contributed by atoms with E-state index in [1.165, 1.54) is 0 Å². The van der Waals surface area contributed by atoms with Gasteiger partial charge in [-0.1, -0.05) is 36.2 Å². The number of halogens is 2. The molecular formula is C13H15Cl2NO. The van der Waals surface area contributed by atoms with Crippen molar-refractivity contribution in [2.75, 3.05) is 13.2 Å². The summed E-state index contributed by atoms with van der Waals surface area (Å²) in [7, 11) is 0. The van der Waals surface area contributed by atoms with E-state index < -0.39 is 0 Å². The average molecular weight is 272 g/mol. The Bertz CT molecular complexity index is 425. The lowest BCUT2D eigenvalue weighted by molar-refractivity contribution is 0.305. The van der Waals surface area contributed by atoms with Crippen LogP contribution in [-0.4, -0.2) is 19.0 Å². The Labute approximate surface area is 112 Å². The van der Waals surface area contributed by atoms with Gasteiger partial charge < -0.3 is 4.74 Å². The Morgan fingerprint density at radius 1 is 1.35 bits per heavy atom. The van der Waals surface area contributed by atoms with Crippen molar-refractivity contribution in [1.82, 2.24) is 0 Å². The van der Waals surface area contributed by atoms with Crippen LogP contribution in [0.4, 0.5) is 0 Å². The Kier molecular flexibility index (Phi) is 3.95. The van der Waals surface area contributed by atoms with Crippen molar-refractivity contribution >= 4 is 29.1 Å². The van der Waals surface area contributed by atoms with Gasteiger partial charge in [0.2, 0.25) is 0 Å². The minimum atomic E-state index is 0.220. The highest BCUT2D eigenvalue weighted by Gasteiger charge is 2.32. The van der Waals surface area contributed by atoms with E-state index in [0.29, 0.717) is 23.2 Å². The van der Waals surface area contributed by atoms with Crippen molar-refractivity contribution in [1.29, 1.82) is 0 Å². The molecule has 2 rings (SSSR count). The minimum Gasteiger partial charge on any atom is -0.481 e. The van der Waals surface area contributed by atoms with Gasteiger partial charge in [-0.2, -0.15) is 0 Å². The minimum absolute atomic E-state index is 0.220. The largest absolute Gasteiger partial charge is 0.481 e. The first kappa shape index (κ1) is 12.7. The van der Waals surface area contributed by atoms with Gasteiger partial charge in [0.1, 0.15) is 0 Å². The first-order chi connectivity index (χ1) is 8.15. The normalized spacial score (nSPS) is 23.6. The van der Waals surface area contributed by atoms with Gasteiger partial charge in [-0.25, -0.2) is 0 Å². The quantitative estimate of drug-likeness (QED) is 0.792. The van der Waals surface area contributed by atoms with E-state index in [2.05, 4.69) is 11.9 Å². The van der Waals surface area contributed by atoms with Gasteiger partial charge in [-0.3, -0.25) is 4.99 Å². The van der Waals surface area contributed by atoms with Crippen LogP contribution in [0.2, 0.25) is 10.0 Å². The molecule has 1 aromatic rings. The third-order valence-electron chi connectivity index (χ3n) is 3.10. The zero-order chi connectivity index (χ0) is 12.4. The van der Waals surface area contributed by atoms with Gasteiger partial charge in [-0.05, 0) is 24.6 Å². The number of nitrogens with zero attached hydrogens (tertiary/aromatic N) is 1. The Hall–Kier alpha value is -0.730. The van der Waals surface area contributed by atoms with Crippen LogP contribution in [0.25, 0.3) is 0 Å². The number of aliphatic imine (C=N–C) groups is 1. The second-order valence-electron chi connectivity index (χ2n) is 4.14. The summed E-state index contributed by atoms with van der Waals surface area (Å²) < 4.78 is 5.51. The lowest BCUT2D eigenvalue weighted by Crippen LogP contribution is -2.17. The zero-order valence-electron chi connectivity index (χ0n) is 9.91. The van der Waals surface area contributed by atoms with E-state index in [1.54, 1.807) is 0 Å². The Balaban J connectivity index is 2.26. The SMILES string of the molecule is CCOC1=NCC(c2c(Cl)cccc2Cl)C1C. The monoisotopic (exact) mass is 271 g/mol. The molecule has 0 fully saturated rings. The number of rotatable bonds is 2. The molecule has 1 aromatic carbocycles. The molecule has 0 amide bonds. The van der Waals surface area contributed by atoms with E-state index in [0.717, 1.165) is 11.5 Å². The van der Waals surface area contributed by atoms with Crippen molar-refractivity contribution in [3.05, 3.63) is 33.8 Å². The molecule has 2 atom stereocenters. The first-order valence-corrected chi connectivity index (χ1v) is 6.51. The van der Waals surface area contributed by atoms with E-state index >= 15 is 0 Å². The van der Waals surface area contributed by atoms with E-state index in [9.17, 15) is 0 Å². The van der Waals surface area contributed by atoms with Gasteiger partial charge in [0.25, 0.3) is 0 Å². The maximum atomic E-state index is 6.22. The molecule has 0 N–H and O–H groups in total. The molecule has 1 heterocycles. The van der Waals surface area contributed by atoms with Gasteiger partial charge in [0, 0.05) is 21.9 Å². The van der Waals surface area contributed by atoms with Crippen LogP contribution >= 0.6 is 23.2 Å².